The van der Waals surface area contributed by atoms with Gasteiger partial charge in [-0.3, -0.25) is 0 Å². The van der Waals surface area contributed by atoms with Crippen molar-refractivity contribution in [2.24, 2.45) is 0 Å². The summed E-state index contributed by atoms with van der Waals surface area (Å²) in [5, 5.41) is 3.42. The molecular weight excluding hydrogens is 376 g/mol. The largest absolute Gasteiger partial charge is 0.444 e. The fourth-order valence-corrected chi connectivity index (χ4v) is 4.43. The Bertz CT molecular complexity index is 1110. The van der Waals surface area contributed by atoms with Crippen LogP contribution in [0, 0.1) is 6.92 Å². The van der Waals surface area contributed by atoms with E-state index in [9.17, 15) is 13.2 Å². The Balaban J connectivity index is 2.02. The van der Waals surface area contributed by atoms with Gasteiger partial charge in [-0.25, -0.2) is 17.2 Å². The highest BCUT2D eigenvalue weighted by Crippen LogP contribution is 2.26. The van der Waals surface area contributed by atoms with E-state index in [-0.39, 0.29) is 11.4 Å². The van der Waals surface area contributed by atoms with Gasteiger partial charge in [0.2, 0.25) is 0 Å². The number of carbonyl (C=O) groups is 1. The first-order valence-electron chi connectivity index (χ1n) is 8.96. The summed E-state index contributed by atoms with van der Waals surface area (Å²) in [6.45, 7) is 7.23. The molecule has 1 N–H and O–H groups in total. The molecule has 148 valence electrons. The SMILES string of the molecule is Cc1ccc(S(=O)(=O)n2c(CNC(=O)OC(C)(C)C)cc3ccccc32)cc1. The molecule has 0 bridgehead atoms. The quantitative estimate of drug-likeness (QED) is 0.712. The second-order valence-electron chi connectivity index (χ2n) is 7.63. The fourth-order valence-electron chi connectivity index (χ4n) is 2.89. The van der Waals surface area contributed by atoms with Crippen LogP contribution in [0.15, 0.2) is 59.5 Å². The van der Waals surface area contributed by atoms with E-state index in [1.54, 1.807) is 63.2 Å². The molecule has 0 atom stereocenters. The number of nitrogens with one attached hydrogen (secondary N) is 1. The van der Waals surface area contributed by atoms with E-state index in [0.29, 0.717) is 11.2 Å². The van der Waals surface area contributed by atoms with E-state index in [0.717, 1.165) is 10.9 Å². The van der Waals surface area contributed by atoms with Crippen LogP contribution in [-0.4, -0.2) is 24.1 Å². The van der Waals surface area contributed by atoms with Crippen LogP contribution in [0.25, 0.3) is 10.9 Å². The first-order valence-corrected chi connectivity index (χ1v) is 10.4. The van der Waals surface area contributed by atoms with Gasteiger partial charge in [0.15, 0.2) is 0 Å². The van der Waals surface area contributed by atoms with Gasteiger partial charge in [-0.15, -0.1) is 0 Å². The Morgan fingerprint density at radius 1 is 1.07 bits per heavy atom. The summed E-state index contributed by atoms with van der Waals surface area (Å²) in [4.78, 5) is 12.2. The number of benzene rings is 2. The number of nitrogens with zero attached hydrogens (tertiary/aromatic N) is 1. The van der Waals surface area contributed by atoms with Crippen molar-refractivity contribution in [2.75, 3.05) is 0 Å². The maximum atomic E-state index is 13.3. The zero-order chi connectivity index (χ0) is 20.5. The van der Waals surface area contributed by atoms with Crippen LogP contribution in [0.1, 0.15) is 32.0 Å². The molecule has 0 spiro atoms. The number of ether oxygens (including phenoxy) is 1. The van der Waals surface area contributed by atoms with Crippen molar-refractivity contribution in [3.05, 3.63) is 65.9 Å². The van der Waals surface area contributed by atoms with Gasteiger partial charge >= 0.3 is 6.09 Å². The third-order valence-corrected chi connectivity index (χ3v) is 5.89. The predicted octanol–water partition coefficient (Wildman–Crippen LogP) is 4.21. The smallest absolute Gasteiger partial charge is 0.407 e. The molecule has 0 radical (unpaired) electrons. The first kappa shape index (κ1) is 19.9. The van der Waals surface area contributed by atoms with E-state index >= 15 is 0 Å². The van der Waals surface area contributed by atoms with Crippen molar-refractivity contribution in [3.63, 3.8) is 0 Å². The molecule has 0 saturated carbocycles. The fraction of sp³-hybridized carbons (Fsp3) is 0.286. The van der Waals surface area contributed by atoms with E-state index in [4.69, 9.17) is 4.74 Å². The molecule has 0 aliphatic rings. The molecule has 2 aromatic carbocycles. The van der Waals surface area contributed by atoms with Gasteiger partial charge in [0, 0.05) is 5.39 Å². The van der Waals surface area contributed by atoms with Crippen molar-refractivity contribution < 1.29 is 17.9 Å². The Morgan fingerprint density at radius 2 is 1.71 bits per heavy atom. The van der Waals surface area contributed by atoms with Crippen LogP contribution < -0.4 is 5.32 Å². The number of rotatable bonds is 4. The van der Waals surface area contributed by atoms with Crippen molar-refractivity contribution >= 4 is 27.0 Å². The zero-order valence-corrected chi connectivity index (χ0v) is 17.2. The van der Waals surface area contributed by atoms with Gasteiger partial charge in [0.25, 0.3) is 10.0 Å². The maximum absolute atomic E-state index is 13.3. The van der Waals surface area contributed by atoms with E-state index in [1.165, 1.54) is 3.97 Å². The number of aryl methyl sites for hydroxylation is 1. The number of para-hydroxylation sites is 1. The lowest BCUT2D eigenvalue weighted by Crippen LogP contribution is -2.33. The minimum absolute atomic E-state index is 0.0225. The van der Waals surface area contributed by atoms with Gasteiger partial charge in [-0.2, -0.15) is 0 Å². The van der Waals surface area contributed by atoms with Crippen LogP contribution >= 0.6 is 0 Å². The number of alkyl carbamates (subject to hydrolysis) is 1. The van der Waals surface area contributed by atoms with Gasteiger partial charge in [0.1, 0.15) is 5.60 Å². The van der Waals surface area contributed by atoms with Crippen LogP contribution in [0.4, 0.5) is 4.79 Å². The second-order valence-corrected chi connectivity index (χ2v) is 9.42. The minimum atomic E-state index is -3.83. The Labute approximate surface area is 165 Å². The number of fused-ring (bicyclic) bond motifs is 1. The summed E-state index contributed by atoms with van der Waals surface area (Å²) in [6, 6.07) is 15.7. The summed E-state index contributed by atoms with van der Waals surface area (Å²) >= 11 is 0. The first-order chi connectivity index (χ1) is 13.1. The Morgan fingerprint density at radius 3 is 2.36 bits per heavy atom. The summed E-state index contributed by atoms with van der Waals surface area (Å²) in [5.41, 5.74) is 1.35. The molecule has 3 rings (SSSR count). The third-order valence-electron chi connectivity index (χ3n) is 4.11. The van der Waals surface area contributed by atoms with Crippen molar-refractivity contribution in [2.45, 2.75) is 44.7 Å². The highest BCUT2D eigenvalue weighted by molar-refractivity contribution is 7.90. The van der Waals surface area contributed by atoms with Crippen LogP contribution in [0.3, 0.4) is 0 Å². The molecule has 1 aromatic heterocycles. The lowest BCUT2D eigenvalue weighted by molar-refractivity contribution is 0.0522. The average molecular weight is 401 g/mol. The molecule has 1 amide bonds. The lowest BCUT2D eigenvalue weighted by atomic mass is 10.2. The number of hydrogen-bond donors (Lipinski definition) is 1. The standard InChI is InChI=1S/C21H24N2O4S/c1-15-9-11-18(12-10-15)28(25,26)23-17(13-16-7-5-6-8-19(16)23)14-22-20(24)27-21(2,3)4/h5-13H,14H2,1-4H3,(H,22,24). The van der Waals surface area contributed by atoms with Crippen molar-refractivity contribution in [1.29, 1.82) is 0 Å². The van der Waals surface area contributed by atoms with Gasteiger partial charge in [-0.1, -0.05) is 35.9 Å². The second kappa shape index (κ2) is 7.31. The molecular formula is C21H24N2O4S. The molecule has 1 heterocycles. The van der Waals surface area contributed by atoms with Crippen LogP contribution in [0.2, 0.25) is 0 Å². The maximum Gasteiger partial charge on any atom is 0.407 e. The minimum Gasteiger partial charge on any atom is -0.444 e. The molecule has 3 aromatic rings. The van der Waals surface area contributed by atoms with Crippen LogP contribution in [-0.2, 0) is 21.3 Å². The molecule has 0 saturated heterocycles. The number of aromatic nitrogens is 1. The Hall–Kier alpha value is -2.80. The van der Waals surface area contributed by atoms with E-state index in [2.05, 4.69) is 5.32 Å². The Kier molecular flexibility index (Phi) is 5.21. The van der Waals surface area contributed by atoms with Crippen molar-refractivity contribution in [1.82, 2.24) is 9.29 Å². The molecule has 0 aliphatic carbocycles. The highest BCUT2D eigenvalue weighted by Gasteiger charge is 2.24. The predicted molar refractivity (Wildman–Crippen MR) is 109 cm³/mol. The average Bonchev–Trinajstić information content (AvgIpc) is 2.98. The van der Waals surface area contributed by atoms with Crippen LogP contribution in [0.5, 0.6) is 0 Å². The highest BCUT2D eigenvalue weighted by atomic mass is 32.2. The normalized spacial score (nSPS) is 12.1. The molecule has 0 fully saturated rings. The van der Waals surface area contributed by atoms with Gasteiger partial charge in [0.05, 0.1) is 22.7 Å². The number of carbonyl (C=O) groups excluding carboxylic acids is 1. The summed E-state index contributed by atoms with van der Waals surface area (Å²) in [5.74, 6) is 0. The lowest BCUT2D eigenvalue weighted by Gasteiger charge is -2.20. The zero-order valence-electron chi connectivity index (χ0n) is 16.4. The molecule has 7 heteroatoms. The van der Waals surface area contributed by atoms with Gasteiger partial charge < -0.3 is 10.1 Å². The summed E-state index contributed by atoms with van der Waals surface area (Å²) < 4.78 is 33.2. The van der Waals surface area contributed by atoms with E-state index < -0.39 is 21.7 Å². The number of hydrogen-bond acceptors (Lipinski definition) is 4. The summed E-state index contributed by atoms with van der Waals surface area (Å²) in [6.07, 6.45) is -0.600. The third kappa shape index (κ3) is 4.20. The molecule has 6 nitrogen and oxygen atoms in total. The number of amides is 1. The van der Waals surface area contributed by atoms with Gasteiger partial charge in [-0.05, 0) is 52.0 Å². The molecule has 0 aliphatic heterocycles. The molecule has 28 heavy (non-hydrogen) atoms. The topological polar surface area (TPSA) is 77.4 Å². The van der Waals surface area contributed by atoms with E-state index in [1.807, 2.05) is 19.1 Å². The monoisotopic (exact) mass is 400 g/mol. The summed E-state index contributed by atoms with van der Waals surface area (Å²) in [7, 11) is -3.83. The van der Waals surface area contributed by atoms with Crippen molar-refractivity contribution in [3.8, 4) is 0 Å². The molecule has 0 unspecified atom stereocenters.